The summed E-state index contributed by atoms with van der Waals surface area (Å²) < 4.78 is 0. The first-order valence-electron chi connectivity index (χ1n) is 7.90. The Kier molecular flexibility index (Phi) is 4.36. The van der Waals surface area contributed by atoms with Crippen LogP contribution in [0.2, 0.25) is 0 Å². The number of hydrogen-bond acceptors (Lipinski definition) is 2. The second-order valence-corrected chi connectivity index (χ2v) is 6.10. The minimum Gasteiger partial charge on any atom is -0.335 e. The third-order valence-corrected chi connectivity index (χ3v) is 4.63. The summed E-state index contributed by atoms with van der Waals surface area (Å²) in [5.41, 5.74) is 1.25. The number of nitrogens with zero attached hydrogens (tertiary/aromatic N) is 1. The topological polar surface area (TPSA) is 32.3 Å². The number of carbonyl (C=O) groups excluding carboxylic acids is 1. The highest BCUT2D eigenvalue weighted by Gasteiger charge is 2.33. The lowest BCUT2D eigenvalue weighted by Crippen LogP contribution is -2.54. The fourth-order valence-electron chi connectivity index (χ4n) is 3.26. The van der Waals surface area contributed by atoms with E-state index < -0.39 is 0 Å². The Labute approximate surface area is 121 Å². The van der Waals surface area contributed by atoms with Crippen LogP contribution in [-0.2, 0) is 11.3 Å². The first kappa shape index (κ1) is 13.6. The molecule has 1 aliphatic carbocycles. The molecular formula is C17H24N2O. The zero-order valence-electron chi connectivity index (χ0n) is 12.1. The van der Waals surface area contributed by atoms with E-state index in [4.69, 9.17) is 0 Å². The Morgan fingerprint density at radius 3 is 2.40 bits per heavy atom. The zero-order valence-corrected chi connectivity index (χ0v) is 12.1. The molecule has 0 bridgehead atoms. The minimum absolute atomic E-state index is 0.209. The van der Waals surface area contributed by atoms with Gasteiger partial charge in [0.1, 0.15) is 0 Å². The van der Waals surface area contributed by atoms with Gasteiger partial charge >= 0.3 is 0 Å². The van der Waals surface area contributed by atoms with Crippen molar-refractivity contribution < 1.29 is 4.79 Å². The maximum Gasteiger partial charge on any atom is 0.228 e. The Hall–Kier alpha value is -1.35. The summed E-state index contributed by atoms with van der Waals surface area (Å²) in [6.07, 6.45) is 6.23. The maximum absolute atomic E-state index is 12.7. The van der Waals surface area contributed by atoms with Crippen LogP contribution < -0.4 is 5.32 Å². The van der Waals surface area contributed by atoms with Crippen molar-refractivity contribution in [1.29, 1.82) is 0 Å². The van der Waals surface area contributed by atoms with Gasteiger partial charge < -0.3 is 10.2 Å². The molecule has 20 heavy (non-hydrogen) atoms. The molecule has 1 N–H and O–H groups in total. The average molecular weight is 272 g/mol. The number of amides is 1. The van der Waals surface area contributed by atoms with E-state index in [-0.39, 0.29) is 5.92 Å². The Bertz CT molecular complexity index is 436. The van der Waals surface area contributed by atoms with Gasteiger partial charge in [0, 0.05) is 25.7 Å². The molecule has 0 atom stereocenters. The van der Waals surface area contributed by atoms with E-state index >= 15 is 0 Å². The molecule has 3 nitrogen and oxygen atoms in total. The van der Waals surface area contributed by atoms with Crippen molar-refractivity contribution in [1.82, 2.24) is 10.2 Å². The van der Waals surface area contributed by atoms with E-state index in [0.717, 1.165) is 19.6 Å². The third-order valence-electron chi connectivity index (χ3n) is 4.63. The van der Waals surface area contributed by atoms with Gasteiger partial charge in [0.2, 0.25) is 5.91 Å². The predicted octanol–water partition coefficient (Wildman–Crippen LogP) is 2.57. The first-order valence-corrected chi connectivity index (χ1v) is 7.90. The van der Waals surface area contributed by atoms with Crippen molar-refractivity contribution in [3.63, 3.8) is 0 Å². The number of nitrogens with one attached hydrogen (secondary N) is 1. The number of carbonyl (C=O) groups is 1. The van der Waals surface area contributed by atoms with E-state index in [0.29, 0.717) is 11.9 Å². The van der Waals surface area contributed by atoms with Gasteiger partial charge in [-0.1, -0.05) is 49.6 Å². The fraction of sp³-hybridized carbons (Fsp3) is 0.588. The molecule has 0 unspecified atom stereocenters. The van der Waals surface area contributed by atoms with E-state index in [1.807, 2.05) is 6.07 Å². The molecule has 1 heterocycles. The van der Waals surface area contributed by atoms with Gasteiger partial charge in [-0.3, -0.25) is 4.79 Å². The van der Waals surface area contributed by atoms with Gasteiger partial charge in [-0.05, 0) is 18.4 Å². The van der Waals surface area contributed by atoms with Crippen LogP contribution in [0, 0.1) is 5.92 Å². The summed E-state index contributed by atoms with van der Waals surface area (Å²) in [6, 6.07) is 10.9. The summed E-state index contributed by atoms with van der Waals surface area (Å²) in [5, 5.41) is 3.22. The molecule has 1 amide bonds. The van der Waals surface area contributed by atoms with E-state index in [1.165, 1.54) is 37.7 Å². The summed E-state index contributed by atoms with van der Waals surface area (Å²) >= 11 is 0. The molecule has 108 valence electrons. The molecule has 1 aliphatic heterocycles. The van der Waals surface area contributed by atoms with Crippen molar-refractivity contribution >= 4 is 5.91 Å². The molecule has 2 aliphatic rings. The monoisotopic (exact) mass is 272 g/mol. The van der Waals surface area contributed by atoms with Gasteiger partial charge in [-0.15, -0.1) is 0 Å². The average Bonchev–Trinajstić information content (AvgIpc) is 2.45. The number of benzene rings is 1. The quantitative estimate of drug-likeness (QED) is 0.913. The number of rotatable bonds is 4. The van der Waals surface area contributed by atoms with Gasteiger partial charge in [0.05, 0.1) is 5.92 Å². The highest BCUT2D eigenvalue weighted by molar-refractivity contribution is 5.80. The largest absolute Gasteiger partial charge is 0.335 e. The van der Waals surface area contributed by atoms with Crippen molar-refractivity contribution in [2.75, 3.05) is 13.1 Å². The van der Waals surface area contributed by atoms with Crippen molar-refractivity contribution in [3.05, 3.63) is 35.9 Å². The Morgan fingerprint density at radius 1 is 1.10 bits per heavy atom. The first-order chi connectivity index (χ1) is 9.84. The Morgan fingerprint density at radius 2 is 1.80 bits per heavy atom. The minimum atomic E-state index is 0.209. The van der Waals surface area contributed by atoms with Crippen molar-refractivity contribution in [2.24, 2.45) is 5.92 Å². The number of hydrogen-bond donors (Lipinski definition) is 1. The zero-order chi connectivity index (χ0) is 13.8. The lowest BCUT2D eigenvalue weighted by molar-refractivity contribution is -0.141. The Balaban J connectivity index is 1.73. The normalized spacial score (nSPS) is 20.4. The van der Waals surface area contributed by atoms with Crippen LogP contribution in [0.15, 0.2) is 30.3 Å². The van der Waals surface area contributed by atoms with E-state index in [9.17, 15) is 4.79 Å². The molecule has 0 radical (unpaired) electrons. The molecule has 0 spiro atoms. The van der Waals surface area contributed by atoms with Crippen LogP contribution >= 0.6 is 0 Å². The smallest absolute Gasteiger partial charge is 0.228 e. The second-order valence-electron chi connectivity index (χ2n) is 6.10. The van der Waals surface area contributed by atoms with E-state index in [2.05, 4.69) is 34.5 Å². The van der Waals surface area contributed by atoms with Crippen LogP contribution in [0.5, 0.6) is 0 Å². The molecular weight excluding hydrogens is 248 g/mol. The fourth-order valence-corrected chi connectivity index (χ4v) is 3.26. The molecule has 3 heteroatoms. The second kappa shape index (κ2) is 6.40. The van der Waals surface area contributed by atoms with Crippen LogP contribution in [0.3, 0.4) is 0 Å². The molecule has 2 fully saturated rings. The van der Waals surface area contributed by atoms with Gasteiger partial charge in [0.15, 0.2) is 0 Å². The SMILES string of the molecule is O=C(C1CNC1)N(Cc1ccccc1)C1CCCCC1. The summed E-state index contributed by atoms with van der Waals surface area (Å²) in [5.74, 6) is 0.570. The lowest BCUT2D eigenvalue weighted by atomic mass is 9.91. The summed E-state index contributed by atoms with van der Waals surface area (Å²) in [6.45, 7) is 2.49. The summed E-state index contributed by atoms with van der Waals surface area (Å²) in [7, 11) is 0. The molecule has 3 rings (SSSR count). The van der Waals surface area contributed by atoms with Crippen LogP contribution in [0.4, 0.5) is 0 Å². The van der Waals surface area contributed by atoms with Gasteiger partial charge in [0.25, 0.3) is 0 Å². The van der Waals surface area contributed by atoms with Gasteiger partial charge in [-0.2, -0.15) is 0 Å². The maximum atomic E-state index is 12.7. The third kappa shape index (κ3) is 3.04. The summed E-state index contributed by atoms with van der Waals surface area (Å²) in [4.78, 5) is 14.9. The molecule has 0 aromatic heterocycles. The van der Waals surface area contributed by atoms with E-state index in [1.54, 1.807) is 0 Å². The molecule has 1 saturated heterocycles. The standard InChI is InChI=1S/C17H24N2O/c20-17(15-11-18-12-15)19(16-9-5-2-6-10-16)13-14-7-3-1-4-8-14/h1,3-4,7-8,15-16,18H,2,5-6,9-13H2. The van der Waals surface area contributed by atoms with Gasteiger partial charge in [-0.25, -0.2) is 0 Å². The predicted molar refractivity (Wildman–Crippen MR) is 80.2 cm³/mol. The van der Waals surface area contributed by atoms with Crippen LogP contribution in [-0.4, -0.2) is 29.9 Å². The highest BCUT2D eigenvalue weighted by Crippen LogP contribution is 2.26. The molecule has 1 saturated carbocycles. The molecule has 1 aromatic rings. The van der Waals surface area contributed by atoms with Crippen LogP contribution in [0.25, 0.3) is 0 Å². The highest BCUT2D eigenvalue weighted by atomic mass is 16.2. The lowest BCUT2D eigenvalue weighted by Gasteiger charge is -2.39. The molecule has 1 aromatic carbocycles. The van der Waals surface area contributed by atoms with Crippen molar-refractivity contribution in [2.45, 2.75) is 44.7 Å². The van der Waals surface area contributed by atoms with Crippen molar-refractivity contribution in [3.8, 4) is 0 Å². The van der Waals surface area contributed by atoms with Crippen LogP contribution in [0.1, 0.15) is 37.7 Å².